The van der Waals surface area contributed by atoms with E-state index >= 15 is 0 Å². The van der Waals surface area contributed by atoms with E-state index in [1.807, 2.05) is 38.1 Å². The lowest BCUT2D eigenvalue weighted by atomic mass is 10.1. The normalized spacial score (nSPS) is 9.85. The molecular weight excluding hydrogens is 250 g/mol. The predicted octanol–water partition coefficient (Wildman–Crippen LogP) is 3.44. The third-order valence-corrected chi connectivity index (χ3v) is 3.02. The van der Waals surface area contributed by atoms with Crippen molar-refractivity contribution in [1.29, 1.82) is 5.26 Å². The van der Waals surface area contributed by atoms with Crippen molar-refractivity contribution in [2.45, 2.75) is 13.8 Å². The van der Waals surface area contributed by atoms with E-state index < -0.39 is 0 Å². The molecule has 3 nitrogen and oxygen atoms in total. The highest BCUT2D eigenvalue weighted by atomic mass is 16.5. The standard InChI is InChI=1S/C17H15NO2/c1-12-4-3-5-15(8-12)16(19)11-20-17-9-14(10-18)7-6-13(17)2/h3-9H,11H2,1-2H3. The molecule has 3 heteroatoms. The van der Waals surface area contributed by atoms with Crippen molar-refractivity contribution in [1.82, 2.24) is 0 Å². The van der Waals surface area contributed by atoms with E-state index in [1.165, 1.54) is 0 Å². The van der Waals surface area contributed by atoms with Gasteiger partial charge in [-0.1, -0.05) is 29.8 Å². The van der Waals surface area contributed by atoms with Crippen LogP contribution >= 0.6 is 0 Å². The number of nitriles is 1. The summed E-state index contributed by atoms with van der Waals surface area (Å²) in [5.41, 5.74) is 3.10. The number of hydrogen-bond acceptors (Lipinski definition) is 3. The number of benzene rings is 2. The summed E-state index contributed by atoms with van der Waals surface area (Å²) < 4.78 is 5.53. The molecule has 0 spiro atoms. The Morgan fingerprint density at radius 2 is 2.00 bits per heavy atom. The second kappa shape index (κ2) is 6.03. The molecule has 0 saturated carbocycles. The van der Waals surface area contributed by atoms with Gasteiger partial charge in [0, 0.05) is 5.56 Å². The maximum atomic E-state index is 12.0. The molecule has 2 rings (SSSR count). The maximum Gasteiger partial charge on any atom is 0.200 e. The fourth-order valence-electron chi connectivity index (χ4n) is 1.87. The highest BCUT2D eigenvalue weighted by Crippen LogP contribution is 2.19. The van der Waals surface area contributed by atoms with Gasteiger partial charge in [-0.05, 0) is 37.6 Å². The fourth-order valence-corrected chi connectivity index (χ4v) is 1.87. The van der Waals surface area contributed by atoms with Gasteiger partial charge in [0.1, 0.15) is 5.75 Å². The van der Waals surface area contributed by atoms with Crippen LogP contribution in [0, 0.1) is 25.2 Å². The monoisotopic (exact) mass is 265 g/mol. The maximum absolute atomic E-state index is 12.0. The van der Waals surface area contributed by atoms with E-state index in [9.17, 15) is 4.79 Å². The summed E-state index contributed by atoms with van der Waals surface area (Å²) in [6.07, 6.45) is 0. The van der Waals surface area contributed by atoms with Gasteiger partial charge in [0.25, 0.3) is 0 Å². The van der Waals surface area contributed by atoms with E-state index in [1.54, 1.807) is 18.2 Å². The van der Waals surface area contributed by atoms with Crippen molar-refractivity contribution in [2.24, 2.45) is 0 Å². The zero-order valence-electron chi connectivity index (χ0n) is 11.5. The molecule has 0 unspecified atom stereocenters. The minimum absolute atomic E-state index is 0.0286. The Morgan fingerprint density at radius 3 is 2.70 bits per heavy atom. The van der Waals surface area contributed by atoms with E-state index in [2.05, 4.69) is 6.07 Å². The van der Waals surface area contributed by atoms with Gasteiger partial charge in [0.15, 0.2) is 12.4 Å². The number of rotatable bonds is 4. The Morgan fingerprint density at radius 1 is 1.20 bits per heavy atom. The molecule has 0 aromatic heterocycles. The molecule has 0 bridgehead atoms. The molecule has 0 aliphatic heterocycles. The molecule has 0 saturated heterocycles. The minimum atomic E-state index is -0.0736. The molecule has 2 aromatic rings. The van der Waals surface area contributed by atoms with Crippen LogP contribution in [0.1, 0.15) is 27.0 Å². The van der Waals surface area contributed by atoms with Gasteiger partial charge in [0.05, 0.1) is 11.6 Å². The molecule has 0 fully saturated rings. The van der Waals surface area contributed by atoms with Crippen molar-refractivity contribution in [3.05, 3.63) is 64.7 Å². The number of carbonyl (C=O) groups is 1. The second-order valence-corrected chi connectivity index (χ2v) is 4.67. The van der Waals surface area contributed by atoms with Gasteiger partial charge >= 0.3 is 0 Å². The van der Waals surface area contributed by atoms with E-state index in [4.69, 9.17) is 10.00 Å². The van der Waals surface area contributed by atoms with Gasteiger partial charge in [-0.25, -0.2) is 0 Å². The molecular formula is C17H15NO2. The molecule has 0 aliphatic carbocycles. The third kappa shape index (κ3) is 3.24. The highest BCUT2D eigenvalue weighted by Gasteiger charge is 2.08. The summed E-state index contributed by atoms with van der Waals surface area (Å²) in [6, 6.07) is 14.7. The first-order valence-electron chi connectivity index (χ1n) is 6.33. The Balaban J connectivity index is 2.09. The van der Waals surface area contributed by atoms with E-state index in [0.29, 0.717) is 16.9 Å². The molecule has 0 N–H and O–H groups in total. The zero-order valence-corrected chi connectivity index (χ0v) is 11.5. The van der Waals surface area contributed by atoms with Crippen LogP contribution in [-0.4, -0.2) is 12.4 Å². The quantitative estimate of drug-likeness (QED) is 0.796. The molecule has 0 atom stereocenters. The lowest BCUT2D eigenvalue weighted by Crippen LogP contribution is -2.12. The molecule has 0 heterocycles. The van der Waals surface area contributed by atoms with Crippen molar-refractivity contribution in [3.8, 4) is 11.8 Å². The molecule has 20 heavy (non-hydrogen) atoms. The summed E-state index contributed by atoms with van der Waals surface area (Å²) in [4.78, 5) is 12.0. The first-order chi connectivity index (χ1) is 9.60. The Bertz CT molecular complexity index is 684. The third-order valence-electron chi connectivity index (χ3n) is 3.02. The van der Waals surface area contributed by atoms with Crippen LogP contribution in [-0.2, 0) is 0 Å². The summed E-state index contributed by atoms with van der Waals surface area (Å²) in [5, 5.41) is 8.87. The molecule has 0 radical (unpaired) electrons. The van der Waals surface area contributed by atoms with Gasteiger partial charge in [-0.2, -0.15) is 5.26 Å². The molecule has 0 amide bonds. The Hall–Kier alpha value is -2.60. The van der Waals surface area contributed by atoms with Crippen LogP contribution in [0.15, 0.2) is 42.5 Å². The first kappa shape index (κ1) is 13.8. The average molecular weight is 265 g/mol. The molecule has 0 aliphatic rings. The predicted molar refractivity (Wildman–Crippen MR) is 76.9 cm³/mol. The first-order valence-corrected chi connectivity index (χ1v) is 6.33. The molecule has 2 aromatic carbocycles. The van der Waals surface area contributed by atoms with Gasteiger partial charge < -0.3 is 4.74 Å². The van der Waals surface area contributed by atoms with Crippen LogP contribution in [0.4, 0.5) is 0 Å². The minimum Gasteiger partial charge on any atom is -0.485 e. The van der Waals surface area contributed by atoms with Gasteiger partial charge in [0.2, 0.25) is 0 Å². The van der Waals surface area contributed by atoms with E-state index in [-0.39, 0.29) is 12.4 Å². The van der Waals surface area contributed by atoms with Crippen LogP contribution in [0.3, 0.4) is 0 Å². The zero-order chi connectivity index (χ0) is 14.5. The summed E-state index contributed by atoms with van der Waals surface area (Å²) in [6.45, 7) is 3.80. The van der Waals surface area contributed by atoms with Crippen molar-refractivity contribution < 1.29 is 9.53 Å². The Labute approximate surface area is 118 Å². The average Bonchev–Trinajstić information content (AvgIpc) is 2.46. The topological polar surface area (TPSA) is 50.1 Å². The van der Waals surface area contributed by atoms with Crippen LogP contribution in [0.5, 0.6) is 5.75 Å². The SMILES string of the molecule is Cc1cccc(C(=O)COc2cc(C#N)ccc2C)c1. The number of carbonyl (C=O) groups excluding carboxylic acids is 1. The van der Waals surface area contributed by atoms with Gasteiger partial charge in [-0.3, -0.25) is 4.79 Å². The largest absolute Gasteiger partial charge is 0.485 e. The number of Topliss-reactive ketones (excluding diaryl/α,β-unsaturated/α-hetero) is 1. The van der Waals surface area contributed by atoms with E-state index in [0.717, 1.165) is 11.1 Å². The fraction of sp³-hybridized carbons (Fsp3) is 0.176. The van der Waals surface area contributed by atoms with Crippen molar-refractivity contribution in [3.63, 3.8) is 0 Å². The molecule has 100 valence electrons. The van der Waals surface area contributed by atoms with Crippen molar-refractivity contribution >= 4 is 5.78 Å². The van der Waals surface area contributed by atoms with Crippen LogP contribution in [0.25, 0.3) is 0 Å². The lowest BCUT2D eigenvalue weighted by Gasteiger charge is -2.09. The number of ether oxygens (including phenoxy) is 1. The smallest absolute Gasteiger partial charge is 0.200 e. The Kier molecular flexibility index (Phi) is 4.17. The summed E-state index contributed by atoms with van der Waals surface area (Å²) in [5.74, 6) is 0.500. The number of nitrogens with zero attached hydrogens (tertiary/aromatic N) is 1. The number of hydrogen-bond donors (Lipinski definition) is 0. The van der Waals surface area contributed by atoms with Crippen molar-refractivity contribution in [2.75, 3.05) is 6.61 Å². The highest BCUT2D eigenvalue weighted by molar-refractivity contribution is 5.97. The van der Waals surface area contributed by atoms with Gasteiger partial charge in [-0.15, -0.1) is 0 Å². The summed E-state index contributed by atoms with van der Waals surface area (Å²) >= 11 is 0. The second-order valence-electron chi connectivity index (χ2n) is 4.67. The summed E-state index contributed by atoms with van der Waals surface area (Å²) in [7, 11) is 0. The van der Waals surface area contributed by atoms with Crippen LogP contribution < -0.4 is 4.74 Å². The lowest BCUT2D eigenvalue weighted by molar-refractivity contribution is 0.0921. The number of ketones is 1. The number of aryl methyl sites for hydroxylation is 2. The van der Waals surface area contributed by atoms with Crippen LogP contribution in [0.2, 0.25) is 0 Å².